The van der Waals surface area contributed by atoms with Gasteiger partial charge in [-0.2, -0.15) is 0 Å². The minimum Gasteiger partial charge on any atom is -0.399 e. The standard InChI is InChI=1S/C53H35N5.C43H43B2N3O4.C11H8BrN/c1-3-13-40(14-4-1)51-56-52(41-15-5-2-6-16-41)58-53(57-51)48-30-29-45(46-17-7-8-18-47(46)48)44-34-42(36-21-25-38(26-22-36)49-19-9-11-31-54-49)33-43(35-44)37-23-27-39(28-24-37)50-20-10-12-32-55-50;1-40(2)41(3,4)50-44(49-40)31-25-30(26-32(27-31)45-51-42(5,6)43(7,8)52-45)33-23-24-36(35-22-16-15-21-34(33)35)39-47-37(28-17-11-9-12-18-28)46-38(48-39)29-19-13-10-14-20-29;12-10-6-4-9(5-7-10)11-3-1-2-8-13-11/h1-35H;9-27H,1-8H3;1-8H. The van der Waals surface area contributed by atoms with Crippen molar-refractivity contribution in [2.45, 2.75) is 77.8 Å². The molecule has 0 radical (unpaired) electrons. The Morgan fingerprint density at radius 1 is 0.211 bits per heavy atom. The smallest absolute Gasteiger partial charge is 0.399 e. The Labute approximate surface area is 726 Å². The van der Waals surface area contributed by atoms with E-state index >= 15 is 0 Å². The Bertz CT molecular complexity index is 6510. The minimum absolute atomic E-state index is 0.492. The van der Waals surface area contributed by atoms with Gasteiger partial charge >= 0.3 is 14.2 Å². The van der Waals surface area contributed by atoms with Crippen LogP contribution >= 0.6 is 15.9 Å². The van der Waals surface area contributed by atoms with E-state index in [1.165, 1.54) is 0 Å². The highest BCUT2D eigenvalue weighted by Gasteiger charge is 2.54. The van der Waals surface area contributed by atoms with E-state index < -0.39 is 36.6 Å². The quantitative estimate of drug-likeness (QED) is 0.0896. The molecule has 2 fully saturated rings. The van der Waals surface area contributed by atoms with Crippen LogP contribution in [0, 0.1) is 0 Å². The second-order valence-electron chi connectivity index (χ2n) is 32.7. The van der Waals surface area contributed by atoms with Crippen LogP contribution in [0.2, 0.25) is 0 Å². The summed E-state index contributed by atoms with van der Waals surface area (Å²) in [5.74, 6) is 3.76. The van der Waals surface area contributed by atoms with Gasteiger partial charge in [0.2, 0.25) is 0 Å². The molecular formula is C107H86B2BrN9O4. The fourth-order valence-corrected chi connectivity index (χ4v) is 15.7. The van der Waals surface area contributed by atoms with Crippen LogP contribution < -0.4 is 10.9 Å². The van der Waals surface area contributed by atoms with Crippen molar-refractivity contribution in [2.75, 3.05) is 0 Å². The van der Waals surface area contributed by atoms with Gasteiger partial charge in [0.25, 0.3) is 0 Å². The molecule has 20 rings (SSSR count). The van der Waals surface area contributed by atoms with Gasteiger partial charge in [0.05, 0.1) is 39.5 Å². The van der Waals surface area contributed by atoms with Crippen molar-refractivity contribution in [3.8, 4) is 147 Å². The van der Waals surface area contributed by atoms with Gasteiger partial charge < -0.3 is 18.6 Å². The van der Waals surface area contributed by atoms with Crippen molar-refractivity contribution in [3.63, 3.8) is 0 Å². The molecule has 0 aliphatic carbocycles. The molecule has 18 aromatic rings. The summed E-state index contributed by atoms with van der Waals surface area (Å²) in [6.07, 6.45) is 5.47. The van der Waals surface area contributed by atoms with Crippen LogP contribution in [0.3, 0.4) is 0 Å². The summed E-state index contributed by atoms with van der Waals surface area (Å²) in [7, 11) is -1.12. The molecule has 596 valence electrons. The number of benzene rings is 13. The van der Waals surface area contributed by atoms with Gasteiger partial charge in [-0.05, 0) is 211 Å². The lowest BCUT2D eigenvalue weighted by Crippen LogP contribution is -2.41. The Morgan fingerprint density at radius 2 is 0.463 bits per heavy atom. The van der Waals surface area contributed by atoms with Gasteiger partial charge in [-0.1, -0.05) is 295 Å². The number of nitrogens with zero attached hydrogens (tertiary/aromatic N) is 9. The van der Waals surface area contributed by atoms with Crippen molar-refractivity contribution in [2.24, 2.45) is 0 Å². The topological polar surface area (TPSA) is 153 Å². The van der Waals surface area contributed by atoms with E-state index in [0.29, 0.717) is 34.9 Å². The third kappa shape index (κ3) is 17.3. The van der Waals surface area contributed by atoms with Crippen molar-refractivity contribution in [1.29, 1.82) is 0 Å². The molecular weight excluding hydrogens is 1580 g/mol. The lowest BCUT2D eigenvalue weighted by molar-refractivity contribution is 0.00578. The first-order valence-corrected chi connectivity index (χ1v) is 42.1. The first-order chi connectivity index (χ1) is 59.8. The zero-order valence-electron chi connectivity index (χ0n) is 69.5. The van der Waals surface area contributed by atoms with Crippen LogP contribution in [0.5, 0.6) is 0 Å². The van der Waals surface area contributed by atoms with Crippen LogP contribution in [-0.4, -0.2) is 81.5 Å². The third-order valence-electron chi connectivity index (χ3n) is 23.5. The number of halogens is 1. The summed E-state index contributed by atoms with van der Waals surface area (Å²) in [6.45, 7) is 16.6. The Balaban J connectivity index is 0.000000147. The predicted octanol–water partition coefficient (Wildman–Crippen LogP) is 25.0. The summed E-state index contributed by atoms with van der Waals surface area (Å²) < 4.78 is 27.4. The summed E-state index contributed by atoms with van der Waals surface area (Å²) >= 11 is 3.40. The Kier molecular flexibility index (Phi) is 22.5. The molecule has 13 aromatic carbocycles. The maximum Gasteiger partial charge on any atom is 0.494 e. The third-order valence-corrected chi connectivity index (χ3v) is 24.0. The molecule has 16 heteroatoms. The minimum atomic E-state index is -0.560. The Hall–Kier alpha value is -13.7. The number of fused-ring (bicyclic) bond motifs is 2. The highest BCUT2D eigenvalue weighted by atomic mass is 79.9. The molecule has 2 aliphatic rings. The number of rotatable bonds is 15. The molecule has 13 nitrogen and oxygen atoms in total. The maximum atomic E-state index is 6.57. The van der Waals surface area contributed by atoms with E-state index in [-0.39, 0.29) is 0 Å². The van der Waals surface area contributed by atoms with E-state index in [0.717, 1.165) is 149 Å². The fraction of sp³-hybridized carbons (Fsp3) is 0.112. The van der Waals surface area contributed by atoms with Crippen LogP contribution in [0.25, 0.3) is 168 Å². The van der Waals surface area contributed by atoms with Gasteiger partial charge in [-0.3, -0.25) is 15.0 Å². The molecule has 0 spiro atoms. The average molecular weight is 1660 g/mol. The SMILES string of the molecule is Brc1ccc(-c2ccccn2)cc1.CC1(C)OB(c2cc(B3OC(C)(C)C(C)(C)O3)cc(-c3ccc(-c4nc(-c5ccccc5)nc(-c5ccccc5)n4)c4ccccc34)c2)OC1(C)C.c1ccc(-c2nc(-c3ccccc3)nc(-c3ccc(-c4cc(-c5ccc(-c6ccccn6)cc5)cc(-c5ccc(-c6ccccn6)cc5)c4)c4ccccc34)n2)cc1. The summed E-state index contributed by atoms with van der Waals surface area (Å²) in [6, 6.07) is 123. The van der Waals surface area contributed by atoms with E-state index in [4.69, 9.17) is 48.5 Å². The Morgan fingerprint density at radius 3 is 0.772 bits per heavy atom. The van der Waals surface area contributed by atoms with Crippen LogP contribution in [-0.2, 0) is 18.6 Å². The van der Waals surface area contributed by atoms with Gasteiger partial charge in [0.15, 0.2) is 34.9 Å². The zero-order chi connectivity index (χ0) is 84.2. The van der Waals surface area contributed by atoms with Crippen molar-refractivity contribution < 1.29 is 18.6 Å². The van der Waals surface area contributed by atoms with E-state index in [2.05, 4.69) is 244 Å². The van der Waals surface area contributed by atoms with Gasteiger partial charge in [-0.25, -0.2) is 29.9 Å². The fourth-order valence-electron chi connectivity index (χ4n) is 15.4. The molecule has 7 heterocycles. The largest absolute Gasteiger partial charge is 0.494 e. The van der Waals surface area contributed by atoms with Gasteiger partial charge in [0, 0.05) is 73.1 Å². The first kappa shape index (κ1) is 80.4. The van der Waals surface area contributed by atoms with Crippen LogP contribution in [0.15, 0.2) is 381 Å². The molecule has 0 saturated carbocycles. The predicted molar refractivity (Wildman–Crippen MR) is 504 cm³/mol. The zero-order valence-corrected chi connectivity index (χ0v) is 71.1. The molecule has 0 bridgehead atoms. The monoisotopic (exact) mass is 1660 g/mol. The van der Waals surface area contributed by atoms with Crippen molar-refractivity contribution in [1.82, 2.24) is 44.9 Å². The normalized spacial score (nSPS) is 14.2. The lowest BCUT2D eigenvalue weighted by Gasteiger charge is -2.32. The summed E-state index contributed by atoms with van der Waals surface area (Å²) in [4.78, 5) is 43.5. The molecule has 0 amide bonds. The molecule has 0 unspecified atom stereocenters. The van der Waals surface area contributed by atoms with E-state index in [1.54, 1.807) is 6.20 Å². The maximum absolute atomic E-state index is 6.57. The number of hydrogen-bond acceptors (Lipinski definition) is 13. The van der Waals surface area contributed by atoms with Crippen molar-refractivity contribution in [3.05, 3.63) is 381 Å². The summed E-state index contributed by atoms with van der Waals surface area (Å²) in [5.41, 5.74) is 20.5. The molecule has 0 N–H and O–H groups in total. The first-order valence-electron chi connectivity index (χ1n) is 41.3. The van der Waals surface area contributed by atoms with Gasteiger partial charge in [0.1, 0.15) is 0 Å². The molecule has 0 atom stereocenters. The van der Waals surface area contributed by atoms with E-state index in [9.17, 15) is 0 Å². The average Bonchev–Trinajstić information content (AvgIpc) is 1.40. The second kappa shape index (κ2) is 34.4. The highest BCUT2D eigenvalue weighted by Crippen LogP contribution is 2.44. The summed E-state index contributed by atoms with van der Waals surface area (Å²) in [5, 5.41) is 4.27. The van der Waals surface area contributed by atoms with Crippen LogP contribution in [0.1, 0.15) is 55.4 Å². The lowest BCUT2D eigenvalue weighted by atomic mass is 9.70. The van der Waals surface area contributed by atoms with Crippen LogP contribution in [0.4, 0.5) is 0 Å². The molecule has 123 heavy (non-hydrogen) atoms. The number of hydrogen-bond donors (Lipinski definition) is 0. The number of pyridine rings is 3. The molecule has 5 aromatic heterocycles. The van der Waals surface area contributed by atoms with E-state index in [1.807, 2.05) is 213 Å². The highest BCUT2D eigenvalue weighted by molar-refractivity contribution is 9.10. The number of aromatic nitrogens is 9. The van der Waals surface area contributed by atoms with Gasteiger partial charge in [-0.15, -0.1) is 0 Å². The second-order valence-corrected chi connectivity index (χ2v) is 33.6. The molecule has 2 saturated heterocycles. The van der Waals surface area contributed by atoms with Crippen molar-refractivity contribution >= 4 is 62.6 Å². The molecule has 2 aliphatic heterocycles.